The van der Waals surface area contributed by atoms with Crippen molar-refractivity contribution < 1.29 is 0 Å². The molecule has 3 aromatic carbocycles. The van der Waals surface area contributed by atoms with Gasteiger partial charge >= 0.3 is 0 Å². The Bertz CT molecular complexity index is 1160. The van der Waals surface area contributed by atoms with Crippen LogP contribution in [0.1, 0.15) is 5.82 Å². The first-order valence-corrected chi connectivity index (χ1v) is 8.18. The van der Waals surface area contributed by atoms with E-state index >= 15 is 0 Å². The quantitative estimate of drug-likeness (QED) is 0.473. The molecule has 0 spiro atoms. The topological polar surface area (TPSA) is 34.9 Å². The number of halogens is 2. The van der Waals surface area contributed by atoms with Gasteiger partial charge in [0.1, 0.15) is 5.82 Å². The molecule has 0 radical (unpaired) electrons. The third-order valence-corrected chi connectivity index (χ3v) is 4.57. The van der Waals surface area contributed by atoms with Crippen molar-refractivity contribution in [2.75, 3.05) is 0 Å². The number of aromatic nitrogens is 2. The summed E-state index contributed by atoms with van der Waals surface area (Å²) in [6.07, 6.45) is 0. The Morgan fingerprint density at radius 1 is 0.958 bits per heavy atom. The second kappa shape index (κ2) is 5.62. The van der Waals surface area contributed by atoms with Crippen LogP contribution < -0.4 is 5.56 Å². The van der Waals surface area contributed by atoms with E-state index in [9.17, 15) is 4.79 Å². The molecule has 24 heavy (non-hydrogen) atoms. The Morgan fingerprint density at radius 3 is 2.54 bits per heavy atom. The molecule has 0 amide bonds. The number of hydrogen-bond donors (Lipinski definition) is 0. The van der Waals surface area contributed by atoms with E-state index in [4.69, 9.17) is 23.2 Å². The smallest absolute Gasteiger partial charge is 0.266 e. The minimum atomic E-state index is -0.182. The SMILES string of the molecule is Cc1nc2c(Cl)cc(Cl)cc2c(=O)n1-c1cccc2ccccc12. The summed E-state index contributed by atoms with van der Waals surface area (Å²) < 4.78 is 1.61. The molecule has 0 aliphatic heterocycles. The van der Waals surface area contributed by atoms with Gasteiger partial charge in [0.2, 0.25) is 0 Å². The van der Waals surface area contributed by atoms with Gasteiger partial charge in [-0.2, -0.15) is 0 Å². The molecule has 0 bridgehead atoms. The van der Waals surface area contributed by atoms with Crippen molar-refractivity contribution >= 4 is 44.9 Å². The molecule has 5 heteroatoms. The first-order valence-electron chi connectivity index (χ1n) is 7.43. The Kier molecular flexibility index (Phi) is 3.56. The van der Waals surface area contributed by atoms with Gasteiger partial charge in [-0.3, -0.25) is 9.36 Å². The standard InChI is InChI=1S/C19H12Cl2N2O/c1-11-22-18-15(9-13(20)10-16(18)21)19(24)23(11)17-8-4-6-12-5-2-3-7-14(12)17/h2-10H,1H3. The van der Waals surface area contributed by atoms with E-state index in [1.165, 1.54) is 0 Å². The van der Waals surface area contributed by atoms with Gasteiger partial charge in [-0.15, -0.1) is 0 Å². The molecule has 0 unspecified atom stereocenters. The average molecular weight is 355 g/mol. The van der Waals surface area contributed by atoms with Crippen molar-refractivity contribution in [1.29, 1.82) is 0 Å². The molecule has 0 aliphatic rings. The van der Waals surface area contributed by atoms with E-state index in [-0.39, 0.29) is 5.56 Å². The number of nitrogens with zero attached hydrogens (tertiary/aromatic N) is 2. The second-order valence-corrected chi connectivity index (χ2v) is 6.43. The molecule has 118 valence electrons. The molecule has 4 rings (SSSR count). The van der Waals surface area contributed by atoms with Gasteiger partial charge in [-0.05, 0) is 30.5 Å². The predicted octanol–water partition coefficient (Wildman–Crippen LogP) is 5.15. The van der Waals surface area contributed by atoms with E-state index in [1.807, 2.05) is 42.5 Å². The third kappa shape index (κ3) is 2.29. The lowest BCUT2D eigenvalue weighted by atomic mass is 10.1. The minimum Gasteiger partial charge on any atom is -0.268 e. The predicted molar refractivity (Wildman–Crippen MR) is 99.6 cm³/mol. The van der Waals surface area contributed by atoms with Crippen LogP contribution >= 0.6 is 23.2 Å². The zero-order valence-electron chi connectivity index (χ0n) is 12.8. The van der Waals surface area contributed by atoms with Crippen molar-refractivity contribution in [3.05, 3.63) is 80.8 Å². The van der Waals surface area contributed by atoms with Crippen LogP contribution in [0.4, 0.5) is 0 Å². The Balaban J connectivity index is 2.16. The van der Waals surface area contributed by atoms with Crippen LogP contribution in [0.3, 0.4) is 0 Å². The van der Waals surface area contributed by atoms with Gasteiger partial charge in [0, 0.05) is 10.4 Å². The average Bonchev–Trinajstić information content (AvgIpc) is 2.56. The molecule has 0 N–H and O–H groups in total. The van der Waals surface area contributed by atoms with Gasteiger partial charge in [-0.1, -0.05) is 59.6 Å². The molecule has 4 aromatic rings. The van der Waals surface area contributed by atoms with Crippen molar-refractivity contribution in [3.8, 4) is 5.69 Å². The zero-order valence-corrected chi connectivity index (χ0v) is 14.3. The fourth-order valence-corrected chi connectivity index (χ4v) is 3.54. The highest BCUT2D eigenvalue weighted by Crippen LogP contribution is 2.27. The first kappa shape index (κ1) is 15.2. The number of aryl methyl sites for hydroxylation is 1. The van der Waals surface area contributed by atoms with E-state index in [0.717, 1.165) is 16.5 Å². The Morgan fingerprint density at radius 2 is 1.71 bits per heavy atom. The Labute approximate surface area is 148 Å². The molecule has 1 heterocycles. The molecule has 0 saturated heterocycles. The first-order chi connectivity index (χ1) is 11.6. The molecule has 1 aromatic heterocycles. The van der Waals surface area contributed by atoms with Gasteiger partial charge in [0.25, 0.3) is 5.56 Å². The highest BCUT2D eigenvalue weighted by molar-refractivity contribution is 6.38. The summed E-state index contributed by atoms with van der Waals surface area (Å²) in [6.45, 7) is 1.80. The zero-order chi connectivity index (χ0) is 16.8. The van der Waals surface area contributed by atoms with Crippen molar-refractivity contribution in [1.82, 2.24) is 9.55 Å². The number of rotatable bonds is 1. The van der Waals surface area contributed by atoms with E-state index in [2.05, 4.69) is 4.98 Å². The van der Waals surface area contributed by atoms with Crippen molar-refractivity contribution in [2.24, 2.45) is 0 Å². The maximum absolute atomic E-state index is 13.1. The van der Waals surface area contributed by atoms with Crippen molar-refractivity contribution in [2.45, 2.75) is 6.92 Å². The fraction of sp³-hybridized carbons (Fsp3) is 0.0526. The summed E-state index contributed by atoms with van der Waals surface area (Å²) in [5, 5.41) is 3.25. The van der Waals surface area contributed by atoms with Gasteiger partial charge in [0.05, 0.1) is 21.6 Å². The summed E-state index contributed by atoms with van der Waals surface area (Å²) in [7, 11) is 0. The van der Waals surface area contributed by atoms with Crippen LogP contribution in [0.15, 0.2) is 59.4 Å². The minimum absolute atomic E-state index is 0.182. The molecule has 3 nitrogen and oxygen atoms in total. The molecular weight excluding hydrogens is 343 g/mol. The molecule has 0 aliphatic carbocycles. The number of benzene rings is 3. The van der Waals surface area contributed by atoms with E-state index < -0.39 is 0 Å². The lowest BCUT2D eigenvalue weighted by Gasteiger charge is -2.14. The fourth-order valence-electron chi connectivity index (χ4n) is 3.01. The Hall–Kier alpha value is -2.36. The van der Waals surface area contributed by atoms with Crippen LogP contribution in [-0.4, -0.2) is 9.55 Å². The van der Waals surface area contributed by atoms with Crippen LogP contribution in [0.25, 0.3) is 27.4 Å². The monoisotopic (exact) mass is 354 g/mol. The second-order valence-electron chi connectivity index (χ2n) is 5.58. The molecule has 0 saturated carbocycles. The summed E-state index contributed by atoms with van der Waals surface area (Å²) in [4.78, 5) is 17.6. The maximum Gasteiger partial charge on any atom is 0.266 e. The maximum atomic E-state index is 13.1. The number of hydrogen-bond acceptors (Lipinski definition) is 2. The largest absolute Gasteiger partial charge is 0.268 e. The van der Waals surface area contributed by atoms with Gasteiger partial charge in [-0.25, -0.2) is 4.98 Å². The van der Waals surface area contributed by atoms with Crippen molar-refractivity contribution in [3.63, 3.8) is 0 Å². The van der Waals surface area contributed by atoms with Crippen LogP contribution in [0, 0.1) is 6.92 Å². The lowest BCUT2D eigenvalue weighted by molar-refractivity contribution is 0.901. The number of fused-ring (bicyclic) bond motifs is 2. The lowest BCUT2D eigenvalue weighted by Crippen LogP contribution is -2.22. The highest BCUT2D eigenvalue weighted by atomic mass is 35.5. The third-order valence-electron chi connectivity index (χ3n) is 4.07. The molecule has 0 fully saturated rings. The van der Waals surface area contributed by atoms with Crippen LogP contribution in [0.2, 0.25) is 10.0 Å². The summed E-state index contributed by atoms with van der Waals surface area (Å²) in [5.74, 6) is 0.577. The summed E-state index contributed by atoms with van der Waals surface area (Å²) in [5.41, 5.74) is 1.08. The van der Waals surface area contributed by atoms with Crippen LogP contribution in [-0.2, 0) is 0 Å². The molecular formula is C19H12Cl2N2O. The van der Waals surface area contributed by atoms with Gasteiger partial charge < -0.3 is 0 Å². The van der Waals surface area contributed by atoms with E-state index in [0.29, 0.717) is 26.8 Å². The van der Waals surface area contributed by atoms with Gasteiger partial charge in [0.15, 0.2) is 0 Å². The summed E-state index contributed by atoms with van der Waals surface area (Å²) >= 11 is 12.3. The normalized spacial score (nSPS) is 11.3. The summed E-state index contributed by atoms with van der Waals surface area (Å²) in [6, 6.07) is 17.0. The van der Waals surface area contributed by atoms with Crippen LogP contribution in [0.5, 0.6) is 0 Å². The highest BCUT2D eigenvalue weighted by Gasteiger charge is 2.14. The van der Waals surface area contributed by atoms with E-state index in [1.54, 1.807) is 23.6 Å². The molecule has 0 atom stereocenters.